The Labute approximate surface area is 254 Å². The third-order valence-corrected chi connectivity index (χ3v) is 15.5. The van der Waals surface area contributed by atoms with Gasteiger partial charge in [0, 0.05) is 13.0 Å². The first-order chi connectivity index (χ1) is 19.7. The SMILES string of the molecule is C=C(C)[C@@H]1CC[C@]2(CO)CC[C@]3(C)[C@H](CC[C@@H]4[C@@]5(C)CC[C@H](O[C@H]6C[C@H](O)[C@@H](O)[C@H](CO)O6)C(C)(C)[C@@H]5CC[C@]43C)[C@@H]12. The maximum absolute atomic E-state index is 10.8. The van der Waals surface area contributed by atoms with Crippen LogP contribution < -0.4 is 0 Å². The fraction of sp³-hybridized carbons (Fsp3) is 0.944. The normalized spacial score (nSPS) is 55.2. The number of aliphatic hydroxyl groups excluding tert-OH is 4. The van der Waals surface area contributed by atoms with Gasteiger partial charge in [0.25, 0.3) is 0 Å². The van der Waals surface area contributed by atoms with E-state index in [4.69, 9.17) is 9.47 Å². The van der Waals surface area contributed by atoms with Crippen molar-refractivity contribution in [2.45, 2.75) is 143 Å². The van der Waals surface area contributed by atoms with Crippen LogP contribution in [0.2, 0.25) is 0 Å². The highest BCUT2D eigenvalue weighted by Crippen LogP contribution is 2.77. The first-order valence-electron chi connectivity index (χ1n) is 17.2. The Morgan fingerprint density at radius 2 is 1.60 bits per heavy atom. The van der Waals surface area contributed by atoms with E-state index >= 15 is 0 Å². The van der Waals surface area contributed by atoms with Gasteiger partial charge in [0.1, 0.15) is 12.2 Å². The molecule has 6 nitrogen and oxygen atoms in total. The van der Waals surface area contributed by atoms with Crippen LogP contribution in [0.25, 0.3) is 0 Å². The maximum Gasteiger partial charge on any atom is 0.161 e. The zero-order valence-electron chi connectivity index (χ0n) is 27.3. The number of hydrogen-bond donors (Lipinski definition) is 4. The van der Waals surface area contributed by atoms with Crippen molar-refractivity contribution in [3.63, 3.8) is 0 Å². The second-order valence-electron chi connectivity index (χ2n) is 17.3. The fourth-order valence-electron chi connectivity index (χ4n) is 13.1. The van der Waals surface area contributed by atoms with Crippen molar-refractivity contribution in [3.8, 4) is 0 Å². The van der Waals surface area contributed by atoms with Crippen molar-refractivity contribution in [1.29, 1.82) is 0 Å². The molecule has 42 heavy (non-hydrogen) atoms. The molecule has 0 bridgehead atoms. The van der Waals surface area contributed by atoms with E-state index in [1.807, 2.05) is 0 Å². The van der Waals surface area contributed by atoms with Gasteiger partial charge in [0.05, 0.1) is 18.8 Å². The molecule has 4 N–H and O–H groups in total. The Balaban J connectivity index is 1.25. The molecule has 14 atom stereocenters. The molecule has 0 aromatic rings. The molecule has 0 radical (unpaired) electrons. The molecule has 5 aliphatic carbocycles. The average molecular weight is 589 g/mol. The van der Waals surface area contributed by atoms with Gasteiger partial charge in [-0.3, -0.25) is 0 Å². The molecule has 0 aromatic heterocycles. The van der Waals surface area contributed by atoms with Crippen LogP contribution in [-0.2, 0) is 9.47 Å². The van der Waals surface area contributed by atoms with Gasteiger partial charge in [-0.25, -0.2) is 0 Å². The van der Waals surface area contributed by atoms with Gasteiger partial charge in [0.15, 0.2) is 6.29 Å². The van der Waals surface area contributed by atoms with E-state index in [0.29, 0.717) is 36.2 Å². The number of aliphatic hydroxyl groups is 4. The standard InChI is InChI=1S/C36H60O6/c1-21(2)22-10-15-36(20-38)17-16-34(6)23(30(22)36)8-9-27-33(5)13-12-28(32(3,4)26(33)11-14-35(27,34)7)42-29-18-24(39)31(40)25(19-37)41-29/h22-31,37-40H,1,8-20H2,2-7H3/t22-,23+,24-,25-,26-,27+,28-,29-,30+,31+,33-,34+,35+,36+/m0/s1. The molecule has 240 valence electrons. The van der Waals surface area contributed by atoms with Crippen LogP contribution in [0, 0.1) is 56.7 Å². The van der Waals surface area contributed by atoms with Crippen LogP contribution in [0.1, 0.15) is 112 Å². The Kier molecular flexibility index (Phi) is 7.89. The minimum Gasteiger partial charge on any atom is -0.396 e. The van der Waals surface area contributed by atoms with Crippen LogP contribution in [0.5, 0.6) is 0 Å². The average Bonchev–Trinajstić information content (AvgIpc) is 3.33. The summed E-state index contributed by atoms with van der Waals surface area (Å²) in [6.07, 6.45) is 8.62. The maximum atomic E-state index is 10.8. The molecule has 1 heterocycles. The molecule has 6 rings (SSSR count). The van der Waals surface area contributed by atoms with E-state index in [0.717, 1.165) is 25.7 Å². The van der Waals surface area contributed by atoms with Gasteiger partial charge in [-0.2, -0.15) is 0 Å². The van der Waals surface area contributed by atoms with Gasteiger partial charge < -0.3 is 29.9 Å². The Bertz CT molecular complexity index is 1040. The zero-order valence-corrected chi connectivity index (χ0v) is 27.3. The minimum atomic E-state index is -1.08. The molecule has 6 aliphatic rings. The molecular formula is C36H60O6. The molecular weight excluding hydrogens is 528 g/mol. The van der Waals surface area contributed by atoms with Gasteiger partial charge in [-0.1, -0.05) is 46.8 Å². The van der Waals surface area contributed by atoms with Crippen molar-refractivity contribution in [1.82, 2.24) is 0 Å². The number of hydrogen-bond acceptors (Lipinski definition) is 6. The third kappa shape index (κ3) is 4.24. The monoisotopic (exact) mass is 588 g/mol. The molecule has 0 aromatic carbocycles. The molecule has 5 saturated carbocycles. The minimum absolute atomic E-state index is 0.00769. The highest BCUT2D eigenvalue weighted by molar-refractivity contribution is 5.21. The lowest BCUT2D eigenvalue weighted by atomic mass is 9.32. The largest absolute Gasteiger partial charge is 0.396 e. The summed E-state index contributed by atoms with van der Waals surface area (Å²) in [4.78, 5) is 0. The van der Waals surface area contributed by atoms with Crippen molar-refractivity contribution >= 4 is 0 Å². The second kappa shape index (κ2) is 10.5. The molecule has 1 saturated heterocycles. The summed E-state index contributed by atoms with van der Waals surface area (Å²) in [6.45, 7) is 19.4. The number of allylic oxidation sites excluding steroid dienone is 1. The molecule has 0 unspecified atom stereocenters. The molecule has 1 aliphatic heterocycles. The first kappa shape index (κ1) is 31.5. The Morgan fingerprint density at radius 3 is 2.26 bits per heavy atom. The van der Waals surface area contributed by atoms with E-state index in [1.165, 1.54) is 44.1 Å². The smallest absolute Gasteiger partial charge is 0.161 e. The number of fused-ring (bicyclic) bond motifs is 7. The van der Waals surface area contributed by atoms with Crippen LogP contribution in [0.3, 0.4) is 0 Å². The van der Waals surface area contributed by atoms with Crippen molar-refractivity contribution < 1.29 is 29.9 Å². The second-order valence-corrected chi connectivity index (χ2v) is 17.3. The fourth-order valence-corrected chi connectivity index (χ4v) is 13.1. The van der Waals surface area contributed by atoms with E-state index in [1.54, 1.807) is 0 Å². The highest BCUT2D eigenvalue weighted by atomic mass is 16.7. The molecule has 0 spiro atoms. The molecule has 6 heteroatoms. The van der Waals surface area contributed by atoms with Gasteiger partial charge in [0.2, 0.25) is 0 Å². The summed E-state index contributed by atoms with van der Waals surface area (Å²) < 4.78 is 12.5. The third-order valence-electron chi connectivity index (χ3n) is 15.5. The number of ether oxygens (including phenoxy) is 2. The van der Waals surface area contributed by atoms with E-state index in [-0.39, 0.29) is 46.2 Å². The van der Waals surface area contributed by atoms with E-state index < -0.39 is 24.6 Å². The topological polar surface area (TPSA) is 99.4 Å². The summed E-state index contributed by atoms with van der Waals surface area (Å²) in [5.41, 5.74) is 2.15. The predicted molar refractivity (Wildman–Crippen MR) is 163 cm³/mol. The highest BCUT2D eigenvalue weighted by Gasteiger charge is 2.71. The van der Waals surface area contributed by atoms with Gasteiger partial charge in [-0.05, 0) is 128 Å². The Morgan fingerprint density at radius 1 is 0.857 bits per heavy atom. The lowest BCUT2D eigenvalue weighted by molar-refractivity contribution is -0.302. The summed E-state index contributed by atoms with van der Waals surface area (Å²) in [6, 6.07) is 0. The van der Waals surface area contributed by atoms with Crippen LogP contribution >= 0.6 is 0 Å². The summed E-state index contributed by atoms with van der Waals surface area (Å²) in [5.74, 6) is 2.96. The number of rotatable bonds is 5. The quantitative estimate of drug-likeness (QED) is 0.238. The lowest BCUT2D eigenvalue weighted by Crippen LogP contribution is -2.67. The first-order valence-corrected chi connectivity index (χ1v) is 17.2. The van der Waals surface area contributed by atoms with Crippen LogP contribution in [0.4, 0.5) is 0 Å². The predicted octanol–water partition coefficient (Wildman–Crippen LogP) is 5.85. The lowest BCUT2D eigenvalue weighted by Gasteiger charge is -2.73. The summed E-state index contributed by atoms with van der Waals surface area (Å²) in [5, 5.41) is 41.1. The summed E-state index contributed by atoms with van der Waals surface area (Å²) >= 11 is 0. The van der Waals surface area contributed by atoms with Gasteiger partial charge in [-0.15, -0.1) is 0 Å². The van der Waals surface area contributed by atoms with Gasteiger partial charge >= 0.3 is 0 Å². The van der Waals surface area contributed by atoms with Crippen molar-refractivity contribution in [2.75, 3.05) is 13.2 Å². The van der Waals surface area contributed by atoms with Crippen molar-refractivity contribution in [2.24, 2.45) is 56.7 Å². The van der Waals surface area contributed by atoms with Crippen LogP contribution in [0.15, 0.2) is 12.2 Å². The van der Waals surface area contributed by atoms with E-state index in [9.17, 15) is 20.4 Å². The summed E-state index contributed by atoms with van der Waals surface area (Å²) in [7, 11) is 0. The molecule has 6 fully saturated rings. The van der Waals surface area contributed by atoms with Crippen molar-refractivity contribution in [3.05, 3.63) is 12.2 Å². The van der Waals surface area contributed by atoms with Crippen LogP contribution in [-0.4, -0.2) is 64.3 Å². The zero-order chi connectivity index (χ0) is 30.5. The van der Waals surface area contributed by atoms with E-state index in [2.05, 4.69) is 48.1 Å². The Hall–Kier alpha value is -0.500. The molecule has 0 amide bonds.